The molecule has 0 radical (unpaired) electrons. The summed E-state index contributed by atoms with van der Waals surface area (Å²) < 4.78 is 1.94. The summed E-state index contributed by atoms with van der Waals surface area (Å²) in [5.74, 6) is 1.70. The molecule has 1 N–H and O–H groups in total. The average molecular weight is 291 g/mol. The molecule has 6 heteroatoms. The molecule has 2 saturated heterocycles. The lowest BCUT2D eigenvalue weighted by atomic mass is 9.78. The summed E-state index contributed by atoms with van der Waals surface area (Å²) in [6, 6.07) is 0. The molecule has 0 aromatic carbocycles. The first-order chi connectivity index (χ1) is 10.1. The summed E-state index contributed by atoms with van der Waals surface area (Å²) in [7, 11) is 0. The van der Waals surface area contributed by atoms with Crippen molar-refractivity contribution in [1.29, 1.82) is 0 Å². The molecule has 6 nitrogen and oxygen atoms in total. The van der Waals surface area contributed by atoms with Gasteiger partial charge in [-0.15, -0.1) is 0 Å². The van der Waals surface area contributed by atoms with Crippen molar-refractivity contribution in [2.75, 3.05) is 19.6 Å². The molecule has 3 rings (SSSR count). The van der Waals surface area contributed by atoms with E-state index in [9.17, 15) is 4.79 Å². The molecule has 2 aliphatic rings. The Kier molecular flexibility index (Phi) is 3.97. The van der Waals surface area contributed by atoms with Crippen molar-refractivity contribution in [3.63, 3.8) is 0 Å². The van der Waals surface area contributed by atoms with E-state index >= 15 is 0 Å². The zero-order valence-corrected chi connectivity index (χ0v) is 13.0. The van der Waals surface area contributed by atoms with E-state index in [1.54, 1.807) is 6.33 Å². The number of hydrogen-bond donors (Lipinski definition) is 1. The lowest BCUT2D eigenvalue weighted by Crippen LogP contribution is -2.38. The highest BCUT2D eigenvalue weighted by Gasteiger charge is 2.43. The molecule has 21 heavy (non-hydrogen) atoms. The van der Waals surface area contributed by atoms with Crippen LogP contribution in [-0.2, 0) is 17.9 Å². The summed E-state index contributed by atoms with van der Waals surface area (Å²) in [5, 5.41) is 7.67. The topological polar surface area (TPSA) is 63.1 Å². The van der Waals surface area contributed by atoms with E-state index in [0.29, 0.717) is 18.9 Å². The summed E-state index contributed by atoms with van der Waals surface area (Å²) in [5.41, 5.74) is 0.200. The molecular formula is C15H25N5O. The Balaban J connectivity index is 1.68. The van der Waals surface area contributed by atoms with Crippen LogP contribution in [0.3, 0.4) is 0 Å². The maximum absolute atomic E-state index is 12.4. The molecule has 2 aliphatic heterocycles. The zero-order chi connectivity index (χ0) is 14.9. The van der Waals surface area contributed by atoms with Gasteiger partial charge in [0.05, 0.1) is 6.54 Å². The van der Waals surface area contributed by atoms with Gasteiger partial charge in [-0.2, -0.15) is 5.10 Å². The Morgan fingerprint density at radius 2 is 2.14 bits per heavy atom. The molecule has 0 atom stereocenters. The molecule has 2 fully saturated rings. The molecule has 3 heterocycles. The van der Waals surface area contributed by atoms with E-state index in [1.165, 1.54) is 0 Å². The molecule has 0 unspecified atom stereocenters. The van der Waals surface area contributed by atoms with E-state index in [1.807, 2.05) is 9.58 Å². The van der Waals surface area contributed by atoms with E-state index in [2.05, 4.69) is 29.2 Å². The van der Waals surface area contributed by atoms with Crippen LogP contribution < -0.4 is 5.32 Å². The normalized spacial score (nSPS) is 21.7. The predicted molar refractivity (Wildman–Crippen MR) is 79.4 cm³/mol. The second-order valence-corrected chi connectivity index (χ2v) is 6.93. The van der Waals surface area contributed by atoms with Crippen molar-refractivity contribution in [2.45, 2.75) is 46.2 Å². The minimum atomic E-state index is 0.200. The summed E-state index contributed by atoms with van der Waals surface area (Å²) in [6.45, 7) is 8.72. The second kappa shape index (κ2) is 5.75. The SMILES string of the molecule is CC(C)Cn1ncnc1CN1CC2(CCNCC2)CC1=O. The Hall–Kier alpha value is -1.43. The summed E-state index contributed by atoms with van der Waals surface area (Å²) >= 11 is 0. The standard InChI is InChI=1S/C15H25N5O/c1-12(2)8-20-13(17-11-18-20)9-19-10-15(7-14(19)21)3-5-16-6-4-15/h11-12,16H,3-10H2,1-2H3. The van der Waals surface area contributed by atoms with Gasteiger partial charge in [0.25, 0.3) is 0 Å². The van der Waals surface area contributed by atoms with Gasteiger partial charge in [0.15, 0.2) is 0 Å². The smallest absolute Gasteiger partial charge is 0.223 e. The maximum atomic E-state index is 12.4. The predicted octanol–water partition coefficient (Wildman–Crippen LogP) is 1.04. The van der Waals surface area contributed by atoms with Crippen molar-refractivity contribution in [1.82, 2.24) is 25.0 Å². The lowest BCUT2D eigenvalue weighted by molar-refractivity contribution is -0.128. The number of hydrogen-bond acceptors (Lipinski definition) is 4. The Morgan fingerprint density at radius 3 is 2.86 bits per heavy atom. The number of aromatic nitrogens is 3. The number of nitrogens with zero attached hydrogens (tertiary/aromatic N) is 4. The zero-order valence-electron chi connectivity index (χ0n) is 13.0. The van der Waals surface area contributed by atoms with Crippen LogP contribution in [0.15, 0.2) is 6.33 Å². The van der Waals surface area contributed by atoms with Crippen molar-refractivity contribution >= 4 is 5.91 Å². The highest BCUT2D eigenvalue weighted by atomic mass is 16.2. The van der Waals surface area contributed by atoms with Gasteiger partial charge >= 0.3 is 0 Å². The fourth-order valence-electron chi connectivity index (χ4n) is 3.50. The third-order valence-electron chi connectivity index (χ3n) is 4.64. The number of carbonyl (C=O) groups excluding carboxylic acids is 1. The highest BCUT2D eigenvalue weighted by molar-refractivity contribution is 5.79. The molecule has 1 amide bonds. The molecule has 0 aliphatic carbocycles. The van der Waals surface area contributed by atoms with Crippen molar-refractivity contribution in [3.8, 4) is 0 Å². The molecule has 1 aromatic rings. The van der Waals surface area contributed by atoms with Gasteiger partial charge in [-0.05, 0) is 37.3 Å². The first kappa shape index (κ1) is 14.5. The van der Waals surface area contributed by atoms with Crippen molar-refractivity contribution < 1.29 is 4.79 Å². The van der Waals surface area contributed by atoms with E-state index < -0.39 is 0 Å². The van der Waals surface area contributed by atoms with Crippen LogP contribution in [0.25, 0.3) is 0 Å². The van der Waals surface area contributed by atoms with Gasteiger partial charge in [-0.25, -0.2) is 9.67 Å². The van der Waals surface area contributed by atoms with Crippen molar-refractivity contribution in [3.05, 3.63) is 12.2 Å². The molecule has 0 bridgehead atoms. The number of carbonyl (C=O) groups is 1. The largest absolute Gasteiger partial charge is 0.335 e. The maximum Gasteiger partial charge on any atom is 0.223 e. The number of nitrogens with one attached hydrogen (secondary N) is 1. The first-order valence-electron chi connectivity index (χ1n) is 7.93. The average Bonchev–Trinajstić information content (AvgIpc) is 2.96. The van der Waals surface area contributed by atoms with Gasteiger partial charge in [-0.1, -0.05) is 13.8 Å². The van der Waals surface area contributed by atoms with Crippen LogP contribution in [0.5, 0.6) is 0 Å². The minimum Gasteiger partial charge on any atom is -0.335 e. The lowest BCUT2D eigenvalue weighted by Gasteiger charge is -2.33. The molecule has 1 spiro atoms. The highest BCUT2D eigenvalue weighted by Crippen LogP contribution is 2.39. The number of likely N-dealkylation sites (tertiary alicyclic amines) is 1. The van der Waals surface area contributed by atoms with Crippen LogP contribution in [0.1, 0.15) is 38.9 Å². The quantitative estimate of drug-likeness (QED) is 0.900. The summed E-state index contributed by atoms with van der Waals surface area (Å²) in [4.78, 5) is 18.7. The Morgan fingerprint density at radius 1 is 1.38 bits per heavy atom. The van der Waals surface area contributed by atoms with Gasteiger partial charge in [0, 0.05) is 19.5 Å². The molecule has 1 aromatic heterocycles. The van der Waals surface area contributed by atoms with Crippen LogP contribution in [0.4, 0.5) is 0 Å². The third-order valence-corrected chi connectivity index (χ3v) is 4.64. The Labute approximate surface area is 125 Å². The monoisotopic (exact) mass is 291 g/mol. The molecule has 0 saturated carbocycles. The van der Waals surface area contributed by atoms with E-state index in [-0.39, 0.29) is 11.3 Å². The second-order valence-electron chi connectivity index (χ2n) is 6.93. The van der Waals surface area contributed by atoms with Crippen LogP contribution in [0, 0.1) is 11.3 Å². The summed E-state index contributed by atoms with van der Waals surface area (Å²) in [6.07, 6.45) is 4.51. The van der Waals surface area contributed by atoms with Gasteiger partial charge < -0.3 is 10.2 Å². The Bertz CT molecular complexity index is 504. The number of rotatable bonds is 4. The van der Waals surface area contributed by atoms with Crippen LogP contribution in [0.2, 0.25) is 0 Å². The fourth-order valence-corrected chi connectivity index (χ4v) is 3.50. The number of piperidine rings is 1. The third kappa shape index (κ3) is 3.10. The van der Waals surface area contributed by atoms with Crippen LogP contribution in [-0.4, -0.2) is 45.2 Å². The fraction of sp³-hybridized carbons (Fsp3) is 0.800. The van der Waals surface area contributed by atoms with Gasteiger partial charge in [0.2, 0.25) is 5.91 Å². The van der Waals surface area contributed by atoms with Crippen molar-refractivity contribution in [2.24, 2.45) is 11.3 Å². The van der Waals surface area contributed by atoms with E-state index in [0.717, 1.165) is 44.8 Å². The van der Waals surface area contributed by atoms with Crippen LogP contribution >= 0.6 is 0 Å². The van der Waals surface area contributed by atoms with Gasteiger partial charge in [0.1, 0.15) is 12.2 Å². The molecular weight excluding hydrogens is 266 g/mol. The minimum absolute atomic E-state index is 0.200. The van der Waals surface area contributed by atoms with E-state index in [4.69, 9.17) is 0 Å². The first-order valence-corrected chi connectivity index (χ1v) is 7.93. The molecule has 116 valence electrons. The van der Waals surface area contributed by atoms with Gasteiger partial charge in [-0.3, -0.25) is 4.79 Å². The number of amides is 1.